The van der Waals surface area contributed by atoms with Crippen molar-refractivity contribution in [2.45, 2.75) is 65.6 Å². The Labute approximate surface area is 215 Å². The zero-order chi connectivity index (χ0) is 26.1. The van der Waals surface area contributed by atoms with E-state index in [2.05, 4.69) is 19.2 Å². The van der Waals surface area contributed by atoms with Gasteiger partial charge in [0.15, 0.2) is 6.61 Å². The lowest BCUT2D eigenvalue weighted by atomic mass is 10.0. The summed E-state index contributed by atoms with van der Waals surface area (Å²) in [6, 6.07) is 24.9. The van der Waals surface area contributed by atoms with Crippen LogP contribution >= 0.6 is 0 Å². The van der Waals surface area contributed by atoms with Crippen molar-refractivity contribution in [3.8, 4) is 5.75 Å². The van der Waals surface area contributed by atoms with E-state index in [-0.39, 0.29) is 24.5 Å². The molecule has 0 aromatic heterocycles. The van der Waals surface area contributed by atoms with Crippen LogP contribution in [0.15, 0.2) is 78.9 Å². The highest BCUT2D eigenvalue weighted by atomic mass is 16.5. The molecule has 5 nitrogen and oxygen atoms in total. The number of nitrogens with zero attached hydrogens (tertiary/aromatic N) is 1. The monoisotopic (exact) mass is 486 g/mol. The van der Waals surface area contributed by atoms with E-state index in [1.165, 1.54) is 5.56 Å². The SMILES string of the molecule is Cc1ccccc1CN(C(=O)COc1ccc(C(C)C)cc1)[C@@H](Cc1ccccc1)C(=O)NC(C)C. The van der Waals surface area contributed by atoms with Gasteiger partial charge < -0.3 is 15.0 Å². The number of hydrogen-bond acceptors (Lipinski definition) is 3. The molecule has 0 spiro atoms. The van der Waals surface area contributed by atoms with Crippen LogP contribution in [0.25, 0.3) is 0 Å². The number of carbonyl (C=O) groups is 2. The first-order chi connectivity index (χ1) is 17.2. The van der Waals surface area contributed by atoms with E-state index in [1.807, 2.05) is 99.6 Å². The summed E-state index contributed by atoms with van der Waals surface area (Å²) >= 11 is 0. The molecule has 190 valence electrons. The summed E-state index contributed by atoms with van der Waals surface area (Å²) in [7, 11) is 0. The van der Waals surface area contributed by atoms with Crippen LogP contribution in [0.3, 0.4) is 0 Å². The number of rotatable bonds is 11. The largest absolute Gasteiger partial charge is 0.484 e. The van der Waals surface area contributed by atoms with Gasteiger partial charge in [0.2, 0.25) is 5.91 Å². The number of carbonyl (C=O) groups excluding carboxylic acids is 2. The van der Waals surface area contributed by atoms with E-state index in [4.69, 9.17) is 4.74 Å². The van der Waals surface area contributed by atoms with Gasteiger partial charge in [0.1, 0.15) is 11.8 Å². The topological polar surface area (TPSA) is 58.6 Å². The Kier molecular flexibility index (Phi) is 9.69. The quantitative estimate of drug-likeness (QED) is 0.380. The van der Waals surface area contributed by atoms with Crippen molar-refractivity contribution in [1.29, 1.82) is 0 Å². The van der Waals surface area contributed by atoms with Crippen molar-refractivity contribution >= 4 is 11.8 Å². The summed E-state index contributed by atoms with van der Waals surface area (Å²) in [5.41, 5.74) is 4.28. The maximum Gasteiger partial charge on any atom is 0.261 e. The molecule has 36 heavy (non-hydrogen) atoms. The lowest BCUT2D eigenvalue weighted by molar-refractivity contribution is -0.143. The van der Waals surface area contributed by atoms with Crippen molar-refractivity contribution in [2.75, 3.05) is 6.61 Å². The van der Waals surface area contributed by atoms with Crippen LogP contribution in [0, 0.1) is 6.92 Å². The van der Waals surface area contributed by atoms with Gasteiger partial charge in [-0.15, -0.1) is 0 Å². The molecule has 1 atom stereocenters. The molecular formula is C31H38N2O3. The Morgan fingerprint density at radius 2 is 1.50 bits per heavy atom. The lowest BCUT2D eigenvalue weighted by Gasteiger charge is -2.32. The van der Waals surface area contributed by atoms with E-state index < -0.39 is 6.04 Å². The highest BCUT2D eigenvalue weighted by Crippen LogP contribution is 2.20. The third-order valence-corrected chi connectivity index (χ3v) is 6.21. The maximum absolute atomic E-state index is 13.7. The summed E-state index contributed by atoms with van der Waals surface area (Å²) in [5.74, 6) is 0.654. The van der Waals surface area contributed by atoms with Crippen molar-refractivity contribution in [2.24, 2.45) is 0 Å². The van der Waals surface area contributed by atoms with Crippen molar-refractivity contribution in [3.63, 3.8) is 0 Å². The molecule has 0 unspecified atom stereocenters. The smallest absolute Gasteiger partial charge is 0.261 e. The highest BCUT2D eigenvalue weighted by Gasteiger charge is 2.31. The molecule has 3 rings (SSSR count). The first-order valence-corrected chi connectivity index (χ1v) is 12.7. The molecule has 0 fully saturated rings. The van der Waals surface area contributed by atoms with Gasteiger partial charge in [-0.2, -0.15) is 0 Å². The molecule has 0 saturated heterocycles. The molecule has 0 radical (unpaired) electrons. The fraction of sp³-hybridized carbons (Fsp3) is 0.355. The van der Waals surface area contributed by atoms with Gasteiger partial charge in [0, 0.05) is 19.0 Å². The molecule has 1 N–H and O–H groups in total. The van der Waals surface area contributed by atoms with Gasteiger partial charge in [-0.1, -0.05) is 80.6 Å². The fourth-order valence-electron chi connectivity index (χ4n) is 4.08. The first-order valence-electron chi connectivity index (χ1n) is 12.7. The number of aryl methyl sites for hydroxylation is 1. The van der Waals surface area contributed by atoms with Crippen LogP contribution < -0.4 is 10.1 Å². The third-order valence-electron chi connectivity index (χ3n) is 6.21. The summed E-state index contributed by atoms with van der Waals surface area (Å²) in [6.07, 6.45) is 0.417. The molecule has 3 aromatic rings. The number of benzene rings is 3. The molecule has 5 heteroatoms. The molecule has 2 amide bonds. The lowest BCUT2D eigenvalue weighted by Crippen LogP contribution is -2.52. The minimum Gasteiger partial charge on any atom is -0.484 e. The molecule has 3 aromatic carbocycles. The van der Waals surface area contributed by atoms with Crippen LogP contribution in [0.1, 0.15) is 55.9 Å². The molecule has 0 aliphatic heterocycles. The summed E-state index contributed by atoms with van der Waals surface area (Å²) in [4.78, 5) is 28.7. The second-order valence-electron chi connectivity index (χ2n) is 9.83. The summed E-state index contributed by atoms with van der Waals surface area (Å²) in [5, 5.41) is 3.02. The standard InChI is InChI=1S/C31H38N2O3/c1-22(2)26-15-17-28(18-16-26)36-21-30(34)33(20-27-14-10-9-11-24(27)5)29(31(35)32-23(3)4)19-25-12-7-6-8-13-25/h6-18,22-23,29H,19-21H2,1-5H3,(H,32,35)/t29-/m0/s1. The Hall–Kier alpha value is -3.60. The normalized spacial score (nSPS) is 11.9. The van der Waals surface area contributed by atoms with Gasteiger partial charge in [0.25, 0.3) is 5.91 Å². The minimum atomic E-state index is -0.672. The number of ether oxygens (including phenoxy) is 1. The molecule has 0 aliphatic carbocycles. The molecular weight excluding hydrogens is 448 g/mol. The van der Waals surface area contributed by atoms with Crippen LogP contribution in [0.4, 0.5) is 0 Å². The predicted molar refractivity (Wildman–Crippen MR) is 145 cm³/mol. The number of nitrogens with one attached hydrogen (secondary N) is 1. The van der Waals surface area contributed by atoms with Gasteiger partial charge in [-0.05, 0) is 61.1 Å². The fourth-order valence-corrected chi connectivity index (χ4v) is 4.08. The van der Waals surface area contributed by atoms with Crippen LogP contribution in [0.2, 0.25) is 0 Å². The summed E-state index contributed by atoms with van der Waals surface area (Å²) in [6.45, 7) is 10.3. The molecule has 0 aliphatic rings. The minimum absolute atomic E-state index is 0.0399. The maximum atomic E-state index is 13.7. The number of hydrogen-bond donors (Lipinski definition) is 1. The second kappa shape index (κ2) is 12.9. The number of amides is 2. The zero-order valence-corrected chi connectivity index (χ0v) is 22.0. The Balaban J connectivity index is 1.89. The molecule has 0 heterocycles. The van der Waals surface area contributed by atoms with E-state index >= 15 is 0 Å². The molecule has 0 saturated carbocycles. The predicted octanol–water partition coefficient (Wildman–Crippen LogP) is 5.66. The van der Waals surface area contributed by atoms with Crippen LogP contribution in [0.5, 0.6) is 5.75 Å². The van der Waals surface area contributed by atoms with Gasteiger partial charge in [-0.25, -0.2) is 0 Å². The Morgan fingerprint density at radius 3 is 2.11 bits per heavy atom. The van der Waals surface area contributed by atoms with E-state index in [0.717, 1.165) is 16.7 Å². The van der Waals surface area contributed by atoms with Crippen LogP contribution in [-0.4, -0.2) is 35.4 Å². The first kappa shape index (κ1) is 27.0. The van der Waals surface area contributed by atoms with Gasteiger partial charge in [-0.3, -0.25) is 9.59 Å². The van der Waals surface area contributed by atoms with Gasteiger partial charge >= 0.3 is 0 Å². The zero-order valence-electron chi connectivity index (χ0n) is 22.0. The average Bonchev–Trinajstić information content (AvgIpc) is 2.86. The second-order valence-corrected chi connectivity index (χ2v) is 9.83. The Morgan fingerprint density at radius 1 is 0.861 bits per heavy atom. The average molecular weight is 487 g/mol. The molecule has 0 bridgehead atoms. The van der Waals surface area contributed by atoms with Crippen molar-refractivity contribution in [1.82, 2.24) is 10.2 Å². The van der Waals surface area contributed by atoms with Crippen LogP contribution in [-0.2, 0) is 22.6 Å². The van der Waals surface area contributed by atoms with E-state index in [9.17, 15) is 9.59 Å². The van der Waals surface area contributed by atoms with E-state index in [1.54, 1.807) is 4.90 Å². The van der Waals surface area contributed by atoms with Crippen molar-refractivity contribution < 1.29 is 14.3 Å². The van der Waals surface area contributed by atoms with Crippen molar-refractivity contribution in [3.05, 3.63) is 101 Å². The van der Waals surface area contributed by atoms with E-state index in [0.29, 0.717) is 24.6 Å². The van der Waals surface area contributed by atoms with Gasteiger partial charge in [0.05, 0.1) is 0 Å². The summed E-state index contributed by atoms with van der Waals surface area (Å²) < 4.78 is 5.89. The highest BCUT2D eigenvalue weighted by molar-refractivity contribution is 5.88. The Bertz CT molecular complexity index is 1120. The third kappa shape index (κ3) is 7.70.